The minimum atomic E-state index is -0.370. The third-order valence-corrected chi connectivity index (χ3v) is 5.78. The van der Waals surface area contributed by atoms with Crippen LogP contribution in [0.25, 0.3) is 22.1 Å². The Hall–Kier alpha value is -2.84. The van der Waals surface area contributed by atoms with Gasteiger partial charge in [-0.25, -0.2) is 14.4 Å². The molecule has 5 nitrogen and oxygen atoms in total. The van der Waals surface area contributed by atoms with Crippen LogP contribution in [0.4, 0.5) is 4.39 Å². The molecule has 0 aliphatic rings. The Bertz CT molecular complexity index is 1200. The third-order valence-electron chi connectivity index (χ3n) is 4.25. The quantitative estimate of drug-likeness (QED) is 0.441. The van der Waals surface area contributed by atoms with Crippen LogP contribution in [-0.4, -0.2) is 22.1 Å². The molecule has 0 bridgehead atoms. The largest absolute Gasteiger partial charge is 0.489 e. The number of rotatable bonds is 5. The van der Waals surface area contributed by atoms with Gasteiger partial charge in [0.15, 0.2) is 0 Å². The highest BCUT2D eigenvalue weighted by atomic mass is 79.9. The summed E-state index contributed by atoms with van der Waals surface area (Å²) in [4.78, 5) is 25.3. The Labute approximate surface area is 178 Å². The lowest BCUT2D eigenvalue weighted by molar-refractivity contribution is 0.408. The lowest BCUT2D eigenvalue weighted by Gasteiger charge is -2.07. The first kappa shape index (κ1) is 19.5. The second kappa shape index (κ2) is 8.26. The van der Waals surface area contributed by atoms with Gasteiger partial charge in [0, 0.05) is 27.5 Å². The molecule has 146 valence electrons. The summed E-state index contributed by atoms with van der Waals surface area (Å²) in [5.41, 5.74) is 1.77. The summed E-state index contributed by atoms with van der Waals surface area (Å²) in [5.74, 6) is 0.291. The number of hydrogen-bond acceptors (Lipinski definition) is 5. The van der Waals surface area contributed by atoms with E-state index in [-0.39, 0.29) is 17.1 Å². The van der Waals surface area contributed by atoms with Gasteiger partial charge in [0.05, 0.1) is 7.11 Å². The predicted octanol–water partition coefficient (Wildman–Crippen LogP) is 5.06. The van der Waals surface area contributed by atoms with Crippen LogP contribution in [-0.2, 0) is 6.42 Å². The summed E-state index contributed by atoms with van der Waals surface area (Å²) in [6.45, 7) is 0. The summed E-state index contributed by atoms with van der Waals surface area (Å²) in [7, 11) is 1.43. The summed E-state index contributed by atoms with van der Waals surface area (Å²) < 4.78 is 19.3. The SMILES string of the molecule is COc1c(-c2ncc(Cc3ccc(F)cc3)s2)nc(-c2ccc(Br)cc2)[nH]c1=O. The highest BCUT2D eigenvalue weighted by Gasteiger charge is 2.18. The summed E-state index contributed by atoms with van der Waals surface area (Å²) in [5, 5.41) is 0.587. The number of aromatic nitrogens is 3. The van der Waals surface area contributed by atoms with Crippen LogP contribution in [0, 0.1) is 5.82 Å². The number of methoxy groups -OCH3 is 1. The molecule has 0 fully saturated rings. The average molecular weight is 472 g/mol. The molecule has 2 aromatic heterocycles. The lowest BCUT2D eigenvalue weighted by atomic mass is 10.1. The van der Waals surface area contributed by atoms with Crippen molar-refractivity contribution < 1.29 is 9.13 Å². The maximum Gasteiger partial charge on any atom is 0.294 e. The van der Waals surface area contributed by atoms with Crippen molar-refractivity contribution in [1.29, 1.82) is 0 Å². The van der Waals surface area contributed by atoms with E-state index in [2.05, 4.69) is 30.9 Å². The molecule has 8 heteroatoms. The molecule has 0 spiro atoms. The van der Waals surface area contributed by atoms with E-state index in [0.717, 1.165) is 20.5 Å². The molecular formula is C21H15BrFN3O2S. The average Bonchev–Trinajstić information content (AvgIpc) is 3.18. The second-order valence-corrected chi connectivity index (χ2v) is 8.27. The molecule has 0 unspecified atom stereocenters. The highest BCUT2D eigenvalue weighted by molar-refractivity contribution is 9.10. The number of ether oxygens (including phenoxy) is 1. The van der Waals surface area contributed by atoms with Gasteiger partial charge < -0.3 is 9.72 Å². The molecule has 0 saturated heterocycles. The van der Waals surface area contributed by atoms with Crippen molar-refractivity contribution in [2.24, 2.45) is 0 Å². The number of H-pyrrole nitrogens is 1. The molecule has 4 rings (SSSR count). The van der Waals surface area contributed by atoms with Crippen LogP contribution in [0.3, 0.4) is 0 Å². The normalized spacial score (nSPS) is 10.9. The van der Waals surface area contributed by atoms with Gasteiger partial charge in [-0.15, -0.1) is 11.3 Å². The number of nitrogens with zero attached hydrogens (tertiary/aromatic N) is 2. The first-order valence-electron chi connectivity index (χ1n) is 8.67. The molecule has 2 heterocycles. The minimum absolute atomic E-state index is 0.119. The van der Waals surface area contributed by atoms with Crippen LogP contribution in [0.5, 0.6) is 5.75 Å². The maximum absolute atomic E-state index is 13.1. The molecule has 29 heavy (non-hydrogen) atoms. The van der Waals surface area contributed by atoms with E-state index >= 15 is 0 Å². The van der Waals surface area contributed by atoms with Gasteiger partial charge in [0.25, 0.3) is 5.56 Å². The highest BCUT2D eigenvalue weighted by Crippen LogP contribution is 2.31. The predicted molar refractivity (Wildman–Crippen MR) is 115 cm³/mol. The van der Waals surface area contributed by atoms with E-state index in [4.69, 9.17) is 4.74 Å². The van der Waals surface area contributed by atoms with E-state index in [1.165, 1.54) is 30.6 Å². The van der Waals surface area contributed by atoms with Gasteiger partial charge in [0.1, 0.15) is 22.3 Å². The molecule has 0 saturated carbocycles. The Balaban J connectivity index is 1.72. The van der Waals surface area contributed by atoms with Gasteiger partial charge in [-0.3, -0.25) is 4.79 Å². The van der Waals surface area contributed by atoms with E-state index in [9.17, 15) is 9.18 Å². The fourth-order valence-electron chi connectivity index (χ4n) is 2.84. The molecule has 0 aliphatic carbocycles. The Morgan fingerprint density at radius 2 is 1.86 bits per heavy atom. The molecule has 4 aromatic rings. The van der Waals surface area contributed by atoms with E-state index < -0.39 is 0 Å². The third kappa shape index (κ3) is 4.28. The number of benzene rings is 2. The van der Waals surface area contributed by atoms with Crippen molar-refractivity contribution in [2.45, 2.75) is 6.42 Å². The van der Waals surface area contributed by atoms with E-state index in [1.807, 2.05) is 24.3 Å². The molecule has 1 N–H and O–H groups in total. The smallest absolute Gasteiger partial charge is 0.294 e. The zero-order valence-electron chi connectivity index (χ0n) is 15.3. The zero-order chi connectivity index (χ0) is 20.4. The minimum Gasteiger partial charge on any atom is -0.489 e. The number of hydrogen-bond donors (Lipinski definition) is 1. The molecule has 0 atom stereocenters. The first-order valence-corrected chi connectivity index (χ1v) is 10.3. The molecule has 0 aliphatic heterocycles. The van der Waals surface area contributed by atoms with Crippen molar-refractivity contribution in [1.82, 2.24) is 15.0 Å². The van der Waals surface area contributed by atoms with Gasteiger partial charge in [-0.2, -0.15) is 0 Å². The fraction of sp³-hybridized carbons (Fsp3) is 0.0952. The van der Waals surface area contributed by atoms with Gasteiger partial charge in [-0.05, 0) is 29.8 Å². The van der Waals surface area contributed by atoms with Crippen LogP contribution in [0.1, 0.15) is 10.4 Å². The van der Waals surface area contributed by atoms with Crippen LogP contribution >= 0.6 is 27.3 Å². The molecule has 0 amide bonds. The Morgan fingerprint density at radius 1 is 1.14 bits per heavy atom. The monoisotopic (exact) mass is 471 g/mol. The Morgan fingerprint density at radius 3 is 2.55 bits per heavy atom. The summed E-state index contributed by atoms with van der Waals surface area (Å²) in [6, 6.07) is 13.8. The van der Waals surface area contributed by atoms with Crippen LogP contribution < -0.4 is 10.3 Å². The van der Waals surface area contributed by atoms with Gasteiger partial charge in [0.2, 0.25) is 5.75 Å². The summed E-state index contributed by atoms with van der Waals surface area (Å²) >= 11 is 4.82. The van der Waals surface area contributed by atoms with Crippen molar-refractivity contribution in [3.63, 3.8) is 0 Å². The van der Waals surface area contributed by atoms with E-state index in [1.54, 1.807) is 18.3 Å². The van der Waals surface area contributed by atoms with Gasteiger partial charge in [-0.1, -0.05) is 40.2 Å². The molecular weight excluding hydrogens is 457 g/mol. The van der Waals surface area contributed by atoms with Crippen molar-refractivity contribution in [3.8, 4) is 27.8 Å². The zero-order valence-corrected chi connectivity index (χ0v) is 17.7. The van der Waals surface area contributed by atoms with Crippen molar-refractivity contribution in [2.75, 3.05) is 7.11 Å². The van der Waals surface area contributed by atoms with E-state index in [0.29, 0.717) is 22.9 Å². The van der Waals surface area contributed by atoms with Crippen molar-refractivity contribution in [3.05, 3.63) is 85.8 Å². The lowest BCUT2D eigenvalue weighted by Crippen LogP contribution is -2.13. The topological polar surface area (TPSA) is 67.9 Å². The fourth-order valence-corrected chi connectivity index (χ4v) is 4.04. The molecule has 2 aromatic carbocycles. The number of halogens is 2. The number of nitrogens with one attached hydrogen (secondary N) is 1. The number of thiazole rings is 1. The van der Waals surface area contributed by atoms with Crippen LogP contribution in [0.15, 0.2) is 64.0 Å². The van der Waals surface area contributed by atoms with Gasteiger partial charge >= 0.3 is 0 Å². The van der Waals surface area contributed by atoms with Crippen LogP contribution in [0.2, 0.25) is 0 Å². The number of aromatic amines is 1. The maximum atomic E-state index is 13.1. The Kier molecular flexibility index (Phi) is 5.55. The standard InChI is InChI=1S/C21H15BrFN3O2S/c1-28-18-17(25-19(26-20(18)27)13-4-6-14(22)7-5-13)21-24-11-16(29-21)10-12-2-8-15(23)9-3-12/h2-9,11H,10H2,1H3,(H,25,26,27). The first-order chi connectivity index (χ1) is 14.0. The second-order valence-electron chi connectivity index (χ2n) is 6.24. The molecule has 0 radical (unpaired) electrons. The van der Waals surface area contributed by atoms with Crippen molar-refractivity contribution >= 4 is 27.3 Å². The summed E-state index contributed by atoms with van der Waals surface area (Å²) in [6.07, 6.45) is 2.36.